The Balaban J connectivity index is 0.0000000955. The van der Waals surface area contributed by atoms with Gasteiger partial charge in [-0.15, -0.1) is 0 Å². The summed E-state index contributed by atoms with van der Waals surface area (Å²) in [6.45, 7) is 3.63. The lowest BCUT2D eigenvalue weighted by Crippen LogP contribution is -2.13. The van der Waals surface area contributed by atoms with Gasteiger partial charge in [-0.25, -0.2) is 0 Å². The van der Waals surface area contributed by atoms with Crippen molar-refractivity contribution in [3.05, 3.63) is 339 Å². The van der Waals surface area contributed by atoms with Crippen LogP contribution in [-0.4, -0.2) is 135 Å². The first-order chi connectivity index (χ1) is 73.2. The molecule has 0 aliphatic carbocycles. The minimum absolute atomic E-state index is 0.0205. The summed E-state index contributed by atoms with van der Waals surface area (Å²) in [5, 5.41) is 17.0. The molecule has 34 nitrogen and oxygen atoms in total. The third-order valence-electron chi connectivity index (χ3n) is 25.9. The van der Waals surface area contributed by atoms with Gasteiger partial charge in [-0.3, -0.25) is 19.4 Å². The number of nitrogens with zero attached hydrogens (tertiary/aromatic N) is 2. The number of fused-ring (bicyclic) bond motifs is 14. The number of aryl methyl sites for hydroxylation is 4. The number of hydrogen-bond donors (Lipinski definition) is 1. The smallest absolute Gasteiger partial charge is 0.231 e. The zero-order valence-electron chi connectivity index (χ0n) is 80.1. The first-order valence-corrected chi connectivity index (χ1v) is 48.0. The lowest BCUT2D eigenvalue weighted by Gasteiger charge is -2.19. The first kappa shape index (κ1) is 94.3. The van der Waals surface area contributed by atoms with Gasteiger partial charge in [0.1, 0.15) is 6.10 Å². The van der Waals surface area contributed by atoms with Gasteiger partial charge in [0.2, 0.25) is 95.1 Å². The molecule has 0 saturated heterocycles. The summed E-state index contributed by atoms with van der Waals surface area (Å²) in [6, 6.07) is 80.0. The monoisotopic (exact) mass is 2010 g/mol. The van der Waals surface area contributed by atoms with Crippen LogP contribution in [0.4, 0.5) is 0 Å². The summed E-state index contributed by atoms with van der Waals surface area (Å²) in [7, 11) is 2.00. The summed E-state index contributed by atoms with van der Waals surface area (Å²) < 4.78 is 149. The van der Waals surface area contributed by atoms with Crippen LogP contribution in [-0.2, 0) is 38.5 Å². The molecule has 14 aromatic rings. The van der Waals surface area contributed by atoms with Crippen LogP contribution >= 0.6 is 0 Å². The highest BCUT2D eigenvalue weighted by molar-refractivity contribution is 6.07. The quantitative estimate of drug-likeness (QED) is 0.0547. The van der Waals surface area contributed by atoms with Crippen LogP contribution in [0.2, 0.25) is 0 Å². The number of aliphatic hydroxyl groups excluding tert-OH is 1. The fourth-order valence-electron chi connectivity index (χ4n) is 18.0. The van der Waals surface area contributed by atoms with Crippen LogP contribution in [0.5, 0.6) is 161 Å². The predicted octanol–water partition coefficient (Wildman–Crippen LogP) is 19.6. The molecule has 15 aliphatic heterocycles. The molecule has 149 heavy (non-hydrogen) atoms. The van der Waals surface area contributed by atoms with E-state index in [1.54, 1.807) is 78.9 Å². The van der Waals surface area contributed by atoms with Gasteiger partial charge < -0.3 is 138 Å². The number of rotatable bonds is 20. The van der Waals surface area contributed by atoms with E-state index < -0.39 is 11.9 Å². The highest BCUT2D eigenvalue weighted by Gasteiger charge is 2.33. The maximum absolute atomic E-state index is 12.4. The average Bonchev–Trinajstić information content (AvgIpc) is 1.59. The van der Waals surface area contributed by atoms with Gasteiger partial charge in [0, 0.05) is 42.1 Å². The van der Waals surface area contributed by atoms with Crippen molar-refractivity contribution in [1.82, 2.24) is 5.01 Å². The van der Waals surface area contributed by atoms with Crippen LogP contribution in [0.3, 0.4) is 0 Å². The number of ether oxygens (including phenoxy) is 28. The van der Waals surface area contributed by atoms with Crippen molar-refractivity contribution in [2.45, 2.75) is 63.5 Å². The molecule has 2 atom stereocenters. The van der Waals surface area contributed by atoms with Gasteiger partial charge in [0.25, 0.3) is 0 Å². The third-order valence-corrected chi connectivity index (χ3v) is 25.9. The number of allylic oxidation sites excluding steroid dienone is 1. The Bertz CT molecular complexity index is 7340. The molecule has 15 aliphatic rings. The summed E-state index contributed by atoms with van der Waals surface area (Å²) in [5.41, 5.74) is 14.4. The van der Waals surface area contributed by atoms with Gasteiger partial charge in [0.15, 0.2) is 178 Å². The molecule has 14 aromatic carbocycles. The highest BCUT2D eigenvalue weighted by Crippen LogP contribution is 2.47. The molecule has 0 spiro atoms. The lowest BCUT2D eigenvalue weighted by atomic mass is 9.98. The summed E-state index contributed by atoms with van der Waals surface area (Å²) >= 11 is 0. The molecule has 0 aromatic heterocycles. The zero-order valence-corrected chi connectivity index (χ0v) is 80.1. The molecule has 0 radical (unpaired) electrons. The van der Waals surface area contributed by atoms with Crippen molar-refractivity contribution in [2.75, 3.05) is 102 Å². The van der Waals surface area contributed by atoms with Crippen LogP contribution < -0.4 is 133 Å². The maximum atomic E-state index is 12.4. The Kier molecular flexibility index (Phi) is 27.1. The fraction of sp³-hybridized carbons (Fsp3) is 0.217. The van der Waals surface area contributed by atoms with E-state index in [9.17, 15) is 19.5 Å². The molecule has 0 bridgehead atoms. The number of hydrazone groups is 1. The minimum Gasteiger partial charge on any atom is -0.454 e. The van der Waals surface area contributed by atoms with Gasteiger partial charge in [-0.2, -0.15) is 5.10 Å². The van der Waals surface area contributed by atoms with Crippen LogP contribution in [0.15, 0.2) is 266 Å². The van der Waals surface area contributed by atoms with Crippen molar-refractivity contribution in [1.29, 1.82) is 0 Å². The van der Waals surface area contributed by atoms with E-state index in [1.165, 1.54) is 45.0 Å². The molecular weight excluding hydrogens is 1920 g/mol. The molecule has 756 valence electrons. The van der Waals surface area contributed by atoms with Crippen molar-refractivity contribution in [3.63, 3.8) is 0 Å². The summed E-state index contributed by atoms with van der Waals surface area (Å²) in [4.78, 5) is 37.0. The van der Waals surface area contributed by atoms with Crippen molar-refractivity contribution >= 4 is 29.1 Å². The number of Topliss-reactive ketones (excluding diaryl/α,β-unsaturated/α-hetero) is 2. The zero-order chi connectivity index (χ0) is 100. The van der Waals surface area contributed by atoms with E-state index in [-0.39, 0.29) is 72.0 Å². The summed E-state index contributed by atoms with van der Waals surface area (Å²) in [5.74, 6) is 20.3. The largest absolute Gasteiger partial charge is 0.454 e. The van der Waals surface area contributed by atoms with Crippen LogP contribution in [0.1, 0.15) is 117 Å². The number of carbonyl (C=O) groups is 3. The number of aliphatic hydroxyl groups is 1. The molecule has 29 rings (SSSR count). The van der Waals surface area contributed by atoms with Gasteiger partial charge in [0.05, 0.1) is 11.8 Å². The van der Waals surface area contributed by atoms with E-state index >= 15 is 0 Å². The normalized spacial score (nSPS) is 15.7. The van der Waals surface area contributed by atoms with Crippen molar-refractivity contribution < 1.29 is 152 Å². The Morgan fingerprint density at radius 1 is 0.289 bits per heavy atom. The molecule has 2 unspecified atom stereocenters. The molecule has 34 heteroatoms. The topological polar surface area (TPSA) is 345 Å². The molecule has 0 amide bonds. The second-order valence-electron chi connectivity index (χ2n) is 35.4. The average molecular weight is 2020 g/mol. The molecular formula is C115H94N2O32. The van der Waals surface area contributed by atoms with E-state index in [0.717, 1.165) is 165 Å². The third kappa shape index (κ3) is 21.8. The van der Waals surface area contributed by atoms with Gasteiger partial charge >= 0.3 is 0 Å². The van der Waals surface area contributed by atoms with E-state index in [0.29, 0.717) is 133 Å². The van der Waals surface area contributed by atoms with E-state index in [2.05, 4.69) is 66.7 Å². The highest BCUT2D eigenvalue weighted by atomic mass is 16.8. The Hall–Kier alpha value is -18.3. The summed E-state index contributed by atoms with van der Waals surface area (Å²) in [6.07, 6.45) is 8.97. The maximum Gasteiger partial charge on any atom is 0.231 e. The molecule has 1 N–H and O–H groups in total. The fourth-order valence-corrected chi connectivity index (χ4v) is 18.0. The Morgan fingerprint density at radius 3 is 1.00 bits per heavy atom. The van der Waals surface area contributed by atoms with Gasteiger partial charge in [-0.1, -0.05) is 66.7 Å². The van der Waals surface area contributed by atoms with Gasteiger partial charge in [-0.05, 0) is 294 Å². The number of hydrogen-bond acceptors (Lipinski definition) is 34. The Labute approximate surface area is 852 Å². The second-order valence-corrected chi connectivity index (χ2v) is 35.4. The molecule has 15 heterocycles. The molecule has 0 fully saturated rings. The van der Waals surface area contributed by atoms with Crippen molar-refractivity contribution in [2.24, 2.45) is 5.10 Å². The lowest BCUT2D eigenvalue weighted by molar-refractivity contribution is 0.0746. The second kappa shape index (κ2) is 42.9. The molecule has 0 saturated carbocycles. The predicted molar refractivity (Wildman–Crippen MR) is 530 cm³/mol. The SMILES string of the molecule is CN1N=C(c2ccc3c(c2)OCO3)CC1c1ccc2c(c1)OCO2.O=C(/C=C/c1ccc2c(c1)OCO2)c1ccc2c(c1)OCO2.O=C(Cc1ccc2c(c1)OCO2)c1ccc2c(c1)OCO2.O=C(c1ccc2c(c1)OCO2)C(O)c1ccc2c(c1)OCO2.c1cc2c(cc1CCCc1ccc3c(c1)OCO3)OCO2.c1cc2c(cc1CCc1ccc3c(c1)OCO3)OCO2.c1cc2c(cc1Cc1ccc3c(c1)OCO3)OCO2. The van der Waals surface area contributed by atoms with E-state index in [4.69, 9.17) is 138 Å². The van der Waals surface area contributed by atoms with Crippen LogP contribution in [0.25, 0.3) is 6.08 Å². The first-order valence-electron chi connectivity index (χ1n) is 48.0. The van der Waals surface area contributed by atoms with Crippen LogP contribution in [0, 0.1) is 0 Å². The van der Waals surface area contributed by atoms with E-state index in [1.807, 2.05) is 127 Å². The Morgan fingerprint density at radius 2 is 0.577 bits per heavy atom. The number of benzene rings is 14. The number of carbonyl (C=O) groups excluding carboxylic acids is 3. The standard InChI is InChI=1S/C18H16N2O4.C17H12O5.C17H16O4.C16H12O6.C16H12O5.C16H14O4.C15H12O4/c1-20-14(12-3-5-16-18(7-12)24-10-22-16)8-13(19-20)11-2-4-15-17(6-11)23-9-21-15;18-13(12-3-6-15-17(8-12)22-10-20-15)4-1-11-2-5-14-16(7-11)21-9-19-14;1(2-12-4-6-14-16(8-12)20-10-18-14)3-13-5-7-15-17(9-13)21-11-19-15;17-15(9-1-3-11-13(5-9)21-7-19-11)16(18)10-2-4-12-14(6-10)22-8-20-12;17-12(11-2-4-14-16(7-11)21-9-19-14)5-10-1-3-13-15(6-10)20-8-18-13;1(11-3-5-13-15(7-11)19-9-17-13)2-12-4-6-14-16(8-12)20-10-18-14;1-3-12-14(18-8-16-12)6-10(1)5-11-2-4-13-15(7-11)19-9-17-13/h2-7,14H,8-10H2,1H3;1-8H,9-10H2;4-9H,1-3,10-11H2;1-6,15,17H,7-8H2;1-4,6-7H,5,8-9H2;3-8H,1-2,9-10H2;1-4,6-7H,5,8-9H2/b;4-1+;;;;;. The van der Waals surface area contributed by atoms with Crippen molar-refractivity contribution in [3.8, 4) is 161 Å². The minimum atomic E-state index is -1.28. The number of ketones is 3.